The zero-order chi connectivity index (χ0) is 15.9. The lowest BCUT2D eigenvalue weighted by Gasteiger charge is -2.06. The van der Waals surface area contributed by atoms with Crippen LogP contribution in [0.2, 0.25) is 0 Å². The van der Waals surface area contributed by atoms with Gasteiger partial charge in [0, 0.05) is 30.8 Å². The van der Waals surface area contributed by atoms with Gasteiger partial charge in [0.05, 0.1) is 18.5 Å². The first-order chi connectivity index (χ1) is 11.3. The Kier molecular flexibility index (Phi) is 5.13. The summed E-state index contributed by atoms with van der Waals surface area (Å²) in [6.07, 6.45) is 2.48. The molecule has 6 nitrogen and oxygen atoms in total. The molecular formula is C16H17N5OS. The van der Waals surface area contributed by atoms with Gasteiger partial charge in [0.1, 0.15) is 11.6 Å². The van der Waals surface area contributed by atoms with Gasteiger partial charge in [-0.2, -0.15) is 4.37 Å². The third-order valence-electron chi connectivity index (χ3n) is 3.06. The summed E-state index contributed by atoms with van der Waals surface area (Å²) in [6.45, 7) is 0.623. The number of hydrogen-bond donors (Lipinski definition) is 2. The Labute approximate surface area is 138 Å². The van der Waals surface area contributed by atoms with Crippen molar-refractivity contribution in [3.8, 4) is 0 Å². The number of benzene rings is 1. The number of rotatable bonds is 7. The lowest BCUT2D eigenvalue weighted by atomic mass is 10.3. The molecule has 0 saturated carbocycles. The summed E-state index contributed by atoms with van der Waals surface area (Å²) in [4.78, 5) is 8.80. The average Bonchev–Trinajstić information content (AvgIpc) is 3.03. The van der Waals surface area contributed by atoms with E-state index in [-0.39, 0.29) is 0 Å². The third kappa shape index (κ3) is 4.48. The molecule has 7 heteroatoms. The minimum absolute atomic E-state index is 0.623. The van der Waals surface area contributed by atoms with Crippen molar-refractivity contribution in [2.45, 2.75) is 6.42 Å². The number of para-hydroxylation sites is 1. The second kappa shape index (κ2) is 7.66. The van der Waals surface area contributed by atoms with E-state index >= 15 is 0 Å². The summed E-state index contributed by atoms with van der Waals surface area (Å²) < 4.78 is 9.30. The number of pyridine rings is 1. The Bertz CT molecular complexity index is 730. The van der Waals surface area contributed by atoms with Gasteiger partial charge in [0.15, 0.2) is 0 Å². The highest BCUT2D eigenvalue weighted by Gasteiger charge is 2.04. The minimum atomic E-state index is 0.623. The second-order valence-electron chi connectivity index (χ2n) is 4.81. The van der Waals surface area contributed by atoms with Crippen LogP contribution in [0.15, 0.2) is 48.7 Å². The Hall–Kier alpha value is -2.51. The quantitative estimate of drug-likeness (QED) is 0.691. The molecule has 1 aromatic carbocycles. The maximum absolute atomic E-state index is 5.02. The molecule has 0 amide bonds. The molecular weight excluding hydrogens is 310 g/mol. The van der Waals surface area contributed by atoms with E-state index in [1.807, 2.05) is 42.5 Å². The van der Waals surface area contributed by atoms with E-state index < -0.39 is 0 Å². The van der Waals surface area contributed by atoms with Crippen molar-refractivity contribution in [1.82, 2.24) is 14.3 Å². The number of anilines is 4. The van der Waals surface area contributed by atoms with Gasteiger partial charge in [-0.1, -0.05) is 18.2 Å². The standard InChI is InChI=1S/C16H17N5OS/c1-22-10-9-15-20-16(23-21-15)19-13-7-8-14(17-11-13)18-12-5-3-2-4-6-12/h2-8,11H,9-10H2,1H3,(H,17,18)(H,19,20,21). The number of hydrogen-bond acceptors (Lipinski definition) is 7. The Morgan fingerprint density at radius 3 is 2.65 bits per heavy atom. The van der Waals surface area contributed by atoms with E-state index in [1.54, 1.807) is 13.3 Å². The number of ether oxygens (including phenoxy) is 1. The fraction of sp³-hybridized carbons (Fsp3) is 0.188. The summed E-state index contributed by atoms with van der Waals surface area (Å²) in [5.41, 5.74) is 1.88. The van der Waals surface area contributed by atoms with Gasteiger partial charge < -0.3 is 15.4 Å². The molecule has 2 aromatic heterocycles. The van der Waals surface area contributed by atoms with E-state index in [0.717, 1.165) is 28.1 Å². The molecule has 118 valence electrons. The predicted octanol–water partition coefficient (Wildman–Crippen LogP) is 3.61. The zero-order valence-corrected chi connectivity index (χ0v) is 13.5. The van der Waals surface area contributed by atoms with Crippen LogP contribution in [0.4, 0.5) is 22.3 Å². The van der Waals surface area contributed by atoms with Gasteiger partial charge in [0.25, 0.3) is 0 Å². The lowest BCUT2D eigenvalue weighted by Crippen LogP contribution is -1.97. The summed E-state index contributed by atoms with van der Waals surface area (Å²) >= 11 is 1.33. The van der Waals surface area contributed by atoms with Crippen molar-refractivity contribution in [3.63, 3.8) is 0 Å². The van der Waals surface area contributed by atoms with Crippen molar-refractivity contribution < 1.29 is 4.74 Å². The SMILES string of the molecule is COCCc1nsc(Nc2ccc(Nc3ccccc3)nc2)n1. The summed E-state index contributed by atoms with van der Waals surface area (Å²) in [5.74, 6) is 1.58. The van der Waals surface area contributed by atoms with Crippen LogP contribution in [0.5, 0.6) is 0 Å². The minimum Gasteiger partial charge on any atom is -0.384 e. The Morgan fingerprint density at radius 1 is 1.04 bits per heavy atom. The molecule has 0 aliphatic rings. The van der Waals surface area contributed by atoms with Crippen LogP contribution in [-0.2, 0) is 11.2 Å². The molecule has 0 atom stereocenters. The smallest absolute Gasteiger partial charge is 0.207 e. The molecule has 0 radical (unpaired) electrons. The van der Waals surface area contributed by atoms with E-state index in [4.69, 9.17) is 4.74 Å². The van der Waals surface area contributed by atoms with Gasteiger partial charge in [-0.05, 0) is 24.3 Å². The number of methoxy groups -OCH3 is 1. The van der Waals surface area contributed by atoms with Gasteiger partial charge in [-0.15, -0.1) is 0 Å². The average molecular weight is 327 g/mol. The molecule has 0 saturated heterocycles. The Morgan fingerprint density at radius 2 is 1.91 bits per heavy atom. The van der Waals surface area contributed by atoms with Crippen molar-refractivity contribution in [3.05, 3.63) is 54.5 Å². The van der Waals surface area contributed by atoms with Crippen LogP contribution in [-0.4, -0.2) is 28.1 Å². The van der Waals surface area contributed by atoms with Gasteiger partial charge in [-0.25, -0.2) is 9.97 Å². The molecule has 0 bridgehead atoms. The van der Waals surface area contributed by atoms with Crippen LogP contribution in [0.25, 0.3) is 0 Å². The maximum atomic E-state index is 5.02. The van der Waals surface area contributed by atoms with Gasteiger partial charge in [-0.3, -0.25) is 0 Å². The number of aromatic nitrogens is 3. The molecule has 23 heavy (non-hydrogen) atoms. The van der Waals surface area contributed by atoms with Crippen LogP contribution in [0.1, 0.15) is 5.82 Å². The highest BCUT2D eigenvalue weighted by atomic mass is 32.1. The fourth-order valence-corrected chi connectivity index (χ4v) is 2.57. The fourth-order valence-electron chi connectivity index (χ4n) is 1.93. The van der Waals surface area contributed by atoms with Crippen molar-refractivity contribution >= 4 is 33.9 Å². The Balaban J connectivity index is 1.60. The van der Waals surface area contributed by atoms with E-state index in [9.17, 15) is 0 Å². The second-order valence-corrected chi connectivity index (χ2v) is 5.56. The number of nitrogens with zero attached hydrogens (tertiary/aromatic N) is 3. The summed E-state index contributed by atoms with van der Waals surface area (Å²) in [7, 11) is 1.67. The molecule has 0 unspecified atom stereocenters. The van der Waals surface area contributed by atoms with Gasteiger partial charge in [0.2, 0.25) is 5.13 Å². The first kappa shape index (κ1) is 15.4. The van der Waals surface area contributed by atoms with E-state index in [2.05, 4.69) is 25.0 Å². The normalized spacial score (nSPS) is 10.5. The largest absolute Gasteiger partial charge is 0.384 e. The molecule has 0 aliphatic heterocycles. The highest BCUT2D eigenvalue weighted by molar-refractivity contribution is 7.09. The molecule has 0 spiro atoms. The highest BCUT2D eigenvalue weighted by Crippen LogP contribution is 2.20. The van der Waals surface area contributed by atoms with Crippen LogP contribution in [0.3, 0.4) is 0 Å². The van der Waals surface area contributed by atoms with Crippen LogP contribution >= 0.6 is 11.5 Å². The molecule has 0 fully saturated rings. The van der Waals surface area contributed by atoms with E-state index in [0.29, 0.717) is 13.0 Å². The third-order valence-corrected chi connectivity index (χ3v) is 3.73. The lowest BCUT2D eigenvalue weighted by molar-refractivity contribution is 0.201. The monoisotopic (exact) mass is 327 g/mol. The first-order valence-corrected chi connectivity index (χ1v) is 7.97. The van der Waals surface area contributed by atoms with Crippen molar-refractivity contribution in [2.24, 2.45) is 0 Å². The predicted molar refractivity (Wildman–Crippen MR) is 92.7 cm³/mol. The zero-order valence-electron chi connectivity index (χ0n) is 12.7. The maximum Gasteiger partial charge on any atom is 0.207 e. The summed E-state index contributed by atoms with van der Waals surface area (Å²) in [6, 6.07) is 13.8. The van der Waals surface area contributed by atoms with Gasteiger partial charge >= 0.3 is 0 Å². The number of nitrogens with one attached hydrogen (secondary N) is 2. The molecule has 3 rings (SSSR count). The molecule has 2 heterocycles. The molecule has 0 aliphatic carbocycles. The van der Waals surface area contributed by atoms with Crippen LogP contribution in [0, 0.1) is 0 Å². The summed E-state index contributed by atoms with van der Waals surface area (Å²) in [5, 5.41) is 7.20. The van der Waals surface area contributed by atoms with Crippen molar-refractivity contribution in [2.75, 3.05) is 24.4 Å². The van der Waals surface area contributed by atoms with Crippen molar-refractivity contribution in [1.29, 1.82) is 0 Å². The molecule has 3 aromatic rings. The topological polar surface area (TPSA) is 72.0 Å². The van der Waals surface area contributed by atoms with E-state index in [1.165, 1.54) is 11.5 Å². The first-order valence-electron chi connectivity index (χ1n) is 7.20. The molecule has 2 N–H and O–H groups in total. The van der Waals surface area contributed by atoms with Crippen LogP contribution < -0.4 is 10.6 Å².